The molecule has 48 valence electrons. The lowest BCUT2D eigenvalue weighted by Gasteiger charge is -1.88. The molecule has 0 heterocycles. The highest BCUT2D eigenvalue weighted by Gasteiger charge is 1.99. The van der Waals surface area contributed by atoms with Gasteiger partial charge in [-0.3, -0.25) is 0 Å². The van der Waals surface area contributed by atoms with Crippen molar-refractivity contribution in [3.63, 3.8) is 0 Å². The Balaban J connectivity index is 3.17. The summed E-state index contributed by atoms with van der Waals surface area (Å²) in [6.45, 7) is 0. The van der Waals surface area contributed by atoms with Crippen molar-refractivity contribution in [2.24, 2.45) is 0 Å². The first-order valence-corrected chi connectivity index (χ1v) is 2.30. The number of rotatable bonds is 0. The first-order chi connectivity index (χ1) is 4.20. The van der Waals surface area contributed by atoms with Crippen molar-refractivity contribution in [1.29, 1.82) is 0 Å². The van der Waals surface area contributed by atoms with Gasteiger partial charge in [0.05, 0.1) is 0 Å². The van der Waals surface area contributed by atoms with Gasteiger partial charge in [-0.1, -0.05) is 0 Å². The van der Waals surface area contributed by atoms with Gasteiger partial charge >= 0.3 is 0 Å². The van der Waals surface area contributed by atoms with Crippen LogP contribution in [0.4, 0.5) is 13.2 Å². The minimum Gasteiger partial charge on any atom is -0.207 e. The van der Waals surface area contributed by atoms with E-state index in [2.05, 4.69) is 0 Å². The smallest absolute Gasteiger partial charge is 0.161 e. The van der Waals surface area contributed by atoms with Crippen LogP contribution in [0.15, 0.2) is 18.2 Å². The Bertz CT molecular complexity index is 220. The molecule has 0 saturated heterocycles. The van der Waals surface area contributed by atoms with Gasteiger partial charge in [-0.15, -0.1) is 0 Å². The molecule has 1 aromatic carbocycles. The second kappa shape index (κ2) is 2.09. The van der Waals surface area contributed by atoms with Gasteiger partial charge in [0.15, 0.2) is 11.6 Å². The van der Waals surface area contributed by atoms with E-state index in [0.29, 0.717) is 6.07 Å². The largest absolute Gasteiger partial charge is 0.207 e. The molecule has 3 heteroatoms. The van der Waals surface area contributed by atoms with E-state index in [4.69, 9.17) is 0 Å². The summed E-state index contributed by atoms with van der Waals surface area (Å²) >= 11 is 0. The summed E-state index contributed by atoms with van der Waals surface area (Å²) in [5.41, 5.74) is 0. The van der Waals surface area contributed by atoms with Crippen LogP contribution in [0.1, 0.15) is 0 Å². The molecule has 0 unspecified atom stereocenters. The summed E-state index contributed by atoms with van der Waals surface area (Å²) in [6.07, 6.45) is 0. The molecule has 0 N–H and O–H groups in total. The summed E-state index contributed by atoms with van der Waals surface area (Å²) in [7, 11) is 0. The van der Waals surface area contributed by atoms with E-state index >= 15 is 0 Å². The van der Waals surface area contributed by atoms with Gasteiger partial charge in [0.2, 0.25) is 0 Å². The van der Waals surface area contributed by atoms with Crippen LogP contribution in [0.3, 0.4) is 0 Å². The van der Waals surface area contributed by atoms with Crippen LogP contribution in [0.2, 0.25) is 0 Å². The van der Waals surface area contributed by atoms with Gasteiger partial charge in [0.25, 0.3) is 0 Å². The molecule has 0 bridgehead atoms. The second-order valence-electron chi connectivity index (χ2n) is 1.56. The van der Waals surface area contributed by atoms with E-state index in [0.717, 1.165) is 12.1 Å². The van der Waals surface area contributed by atoms with Crippen molar-refractivity contribution >= 4 is 0 Å². The van der Waals surface area contributed by atoms with Crippen LogP contribution in [-0.4, -0.2) is 0 Å². The Labute approximate surface area is 49.9 Å². The molecule has 0 radical (unpaired) electrons. The van der Waals surface area contributed by atoms with Gasteiger partial charge < -0.3 is 0 Å². The maximum Gasteiger partial charge on any atom is 0.161 e. The Hall–Kier alpha value is -0.990. The molecule has 1 rings (SSSR count). The lowest BCUT2D eigenvalue weighted by molar-refractivity contribution is 0.495. The Kier molecular flexibility index (Phi) is 1.42. The Morgan fingerprint density at radius 1 is 0.889 bits per heavy atom. The average molecular weight is 132 g/mol. The Morgan fingerprint density at radius 3 is 2.00 bits per heavy atom. The fourth-order valence-electron chi connectivity index (χ4n) is 0.470. The highest BCUT2D eigenvalue weighted by molar-refractivity contribution is 5.07. The molecule has 0 aromatic heterocycles. The van der Waals surface area contributed by atoms with Crippen LogP contribution < -0.4 is 0 Å². The van der Waals surface area contributed by atoms with E-state index in [1.807, 2.05) is 0 Å². The molecule has 9 heavy (non-hydrogen) atoms. The zero-order chi connectivity index (χ0) is 6.85. The highest BCUT2D eigenvalue weighted by atomic mass is 19.2. The van der Waals surface area contributed by atoms with Gasteiger partial charge in [-0.2, -0.15) is 0 Å². The van der Waals surface area contributed by atoms with E-state index in [-0.39, 0.29) is 0 Å². The van der Waals surface area contributed by atoms with Crippen molar-refractivity contribution in [2.75, 3.05) is 0 Å². The summed E-state index contributed by atoms with van der Waals surface area (Å²) < 4.78 is 35.9. The van der Waals surface area contributed by atoms with Crippen LogP contribution in [0.5, 0.6) is 0 Å². The number of hydrogen-bond acceptors (Lipinski definition) is 0. The molecule has 0 spiro atoms. The fraction of sp³-hybridized carbons (Fsp3) is 0. The van der Waals surface area contributed by atoms with Gasteiger partial charge in [-0.05, 0) is 12.1 Å². The summed E-state index contributed by atoms with van der Waals surface area (Å²) in [5.74, 6) is -2.96. The zero-order valence-corrected chi connectivity index (χ0v) is 4.37. The number of hydrogen-bond donors (Lipinski definition) is 0. The van der Waals surface area contributed by atoms with E-state index < -0.39 is 17.5 Å². The molecule has 0 saturated carbocycles. The van der Waals surface area contributed by atoms with Crippen LogP contribution in [-0.2, 0) is 0 Å². The quantitative estimate of drug-likeness (QED) is 0.474. The molecule has 0 fully saturated rings. The van der Waals surface area contributed by atoms with Gasteiger partial charge in [0.1, 0.15) is 5.82 Å². The third-order valence-electron chi connectivity index (χ3n) is 0.882. The molecular formula is C6H3F3. The minimum atomic E-state index is -1.16. The van der Waals surface area contributed by atoms with Crippen LogP contribution in [0, 0.1) is 17.5 Å². The summed E-state index contributed by atoms with van der Waals surface area (Å²) in [6, 6.07) is 2.10. The van der Waals surface area contributed by atoms with Crippen LogP contribution in [0.25, 0.3) is 0 Å². The van der Waals surface area contributed by atoms with Gasteiger partial charge in [0, 0.05) is 6.07 Å². The van der Waals surface area contributed by atoms with Crippen molar-refractivity contribution < 1.29 is 13.2 Å². The number of halogens is 3. The predicted molar refractivity (Wildman–Crippen MR) is 26.3 cm³/mol. The maximum absolute atomic E-state index is 12.0. The lowest BCUT2D eigenvalue weighted by Crippen LogP contribution is -1.83. The van der Waals surface area contributed by atoms with Gasteiger partial charge in [-0.25, -0.2) is 13.2 Å². The van der Waals surface area contributed by atoms with E-state index in [1.165, 1.54) is 0 Å². The first kappa shape index (κ1) is 6.13. The standard InChI is InChI=1S/C6H3F3/c7-4-1-2-5(8)6(9)3-4/h1-3H. The molecule has 1 aromatic rings. The lowest BCUT2D eigenvalue weighted by atomic mass is 10.3. The van der Waals surface area contributed by atoms with E-state index in [9.17, 15) is 13.2 Å². The van der Waals surface area contributed by atoms with Crippen molar-refractivity contribution in [1.82, 2.24) is 0 Å². The SMILES string of the molecule is Fc1ccc(F)c(F)c1. The predicted octanol–water partition coefficient (Wildman–Crippen LogP) is 2.10. The van der Waals surface area contributed by atoms with Crippen molar-refractivity contribution in [2.45, 2.75) is 0 Å². The maximum atomic E-state index is 12.0. The highest BCUT2D eigenvalue weighted by Crippen LogP contribution is 2.05. The third-order valence-corrected chi connectivity index (χ3v) is 0.882. The monoisotopic (exact) mass is 132 g/mol. The van der Waals surface area contributed by atoms with E-state index in [1.54, 1.807) is 0 Å². The fourth-order valence-corrected chi connectivity index (χ4v) is 0.470. The first-order valence-electron chi connectivity index (χ1n) is 2.30. The normalized spacial score (nSPS) is 9.67. The zero-order valence-electron chi connectivity index (χ0n) is 4.37. The minimum absolute atomic E-state index is 0.495. The average Bonchev–Trinajstić information content (AvgIpc) is 1.80. The van der Waals surface area contributed by atoms with Crippen molar-refractivity contribution in [3.05, 3.63) is 35.7 Å². The third kappa shape index (κ3) is 1.22. The van der Waals surface area contributed by atoms with Crippen LogP contribution >= 0.6 is 0 Å². The summed E-state index contributed by atoms with van der Waals surface area (Å²) in [5, 5.41) is 0. The Morgan fingerprint density at radius 2 is 1.56 bits per heavy atom. The molecule has 0 aliphatic carbocycles. The topological polar surface area (TPSA) is 0 Å². The molecule has 0 nitrogen and oxygen atoms in total. The summed E-state index contributed by atoms with van der Waals surface area (Å²) in [4.78, 5) is 0. The molecule has 0 aliphatic heterocycles. The second-order valence-corrected chi connectivity index (χ2v) is 1.56. The number of benzene rings is 1. The van der Waals surface area contributed by atoms with Crippen molar-refractivity contribution in [3.8, 4) is 0 Å². The molecule has 0 aliphatic rings. The molecule has 0 amide bonds. The molecular weight excluding hydrogens is 129 g/mol. The molecule has 0 atom stereocenters.